The fourth-order valence-electron chi connectivity index (χ4n) is 4.12. The Balaban J connectivity index is 1.45. The summed E-state index contributed by atoms with van der Waals surface area (Å²) < 4.78 is 5.37. The molecule has 118 valence electrons. The maximum absolute atomic E-state index is 12.1. The maximum atomic E-state index is 12.1. The monoisotopic (exact) mass is 300 g/mol. The van der Waals surface area contributed by atoms with Crippen molar-refractivity contribution in [1.82, 2.24) is 0 Å². The van der Waals surface area contributed by atoms with Crippen molar-refractivity contribution < 1.29 is 14.3 Å². The lowest BCUT2D eigenvalue weighted by molar-refractivity contribution is -0.141. The minimum absolute atomic E-state index is 0.0534. The van der Waals surface area contributed by atoms with Crippen LogP contribution in [0, 0.1) is 17.8 Å². The maximum Gasteiger partial charge on any atom is 0.306 e. The zero-order chi connectivity index (χ0) is 15.5. The van der Waals surface area contributed by atoms with Crippen LogP contribution in [0.3, 0.4) is 0 Å². The first-order valence-corrected chi connectivity index (χ1v) is 8.38. The van der Waals surface area contributed by atoms with E-state index >= 15 is 0 Å². The Morgan fingerprint density at radius 1 is 1.23 bits per heavy atom. The van der Waals surface area contributed by atoms with Gasteiger partial charge in [-0.2, -0.15) is 0 Å². The molecule has 0 aromatic heterocycles. The zero-order valence-electron chi connectivity index (χ0n) is 13.2. The van der Waals surface area contributed by atoms with Crippen LogP contribution < -0.4 is 0 Å². The summed E-state index contributed by atoms with van der Waals surface area (Å²) in [5.74, 6) is 1.67. The number of carbonyl (C=O) groups excluding carboxylic acids is 2. The van der Waals surface area contributed by atoms with Crippen LogP contribution in [0.15, 0.2) is 30.3 Å². The third-order valence-corrected chi connectivity index (χ3v) is 5.34. The Labute approximate surface area is 132 Å². The first-order valence-electron chi connectivity index (χ1n) is 8.38. The number of ether oxygens (including phenoxy) is 1. The summed E-state index contributed by atoms with van der Waals surface area (Å²) in [6.07, 6.45) is 4.64. The van der Waals surface area contributed by atoms with E-state index in [2.05, 4.69) is 19.1 Å². The van der Waals surface area contributed by atoms with Gasteiger partial charge in [0.15, 0.2) is 0 Å². The molecule has 1 saturated carbocycles. The standard InChI is InChI=1S/C19H24O3/c1-13-11-18-17(12-19(21)22-18)16(13)10-9-15(20)8-7-14-5-3-2-4-6-14/h2-6,13,16-18H,7-12H2,1H3/t13?,16-,17+,18-/m0/s1. The van der Waals surface area contributed by atoms with Gasteiger partial charge in [-0.15, -0.1) is 0 Å². The van der Waals surface area contributed by atoms with E-state index in [9.17, 15) is 9.59 Å². The van der Waals surface area contributed by atoms with Crippen LogP contribution in [0.4, 0.5) is 0 Å². The summed E-state index contributed by atoms with van der Waals surface area (Å²) in [6.45, 7) is 2.23. The van der Waals surface area contributed by atoms with E-state index in [1.807, 2.05) is 18.2 Å². The average Bonchev–Trinajstić information content (AvgIpc) is 2.99. The minimum Gasteiger partial charge on any atom is -0.462 e. The highest BCUT2D eigenvalue weighted by Crippen LogP contribution is 2.46. The van der Waals surface area contributed by atoms with E-state index in [1.54, 1.807) is 0 Å². The molecule has 1 unspecified atom stereocenters. The molecule has 1 aliphatic carbocycles. The largest absolute Gasteiger partial charge is 0.462 e. The van der Waals surface area contributed by atoms with Crippen LogP contribution >= 0.6 is 0 Å². The molecule has 1 aromatic rings. The molecule has 3 rings (SSSR count). The molecule has 1 aromatic carbocycles. The number of hydrogen-bond donors (Lipinski definition) is 0. The highest BCUT2D eigenvalue weighted by molar-refractivity contribution is 5.78. The van der Waals surface area contributed by atoms with Crippen molar-refractivity contribution in [2.24, 2.45) is 17.8 Å². The number of Topliss-reactive ketones (excluding diaryl/α,β-unsaturated/α-hetero) is 1. The second-order valence-corrected chi connectivity index (χ2v) is 6.84. The van der Waals surface area contributed by atoms with Crippen molar-refractivity contribution >= 4 is 11.8 Å². The molecule has 1 heterocycles. The minimum atomic E-state index is -0.0534. The Morgan fingerprint density at radius 3 is 2.77 bits per heavy atom. The summed E-state index contributed by atoms with van der Waals surface area (Å²) >= 11 is 0. The molecule has 22 heavy (non-hydrogen) atoms. The molecule has 2 aliphatic rings. The molecule has 0 amide bonds. The van der Waals surface area contributed by atoms with Crippen LogP contribution in [0.25, 0.3) is 0 Å². The third-order valence-electron chi connectivity index (χ3n) is 5.34. The lowest BCUT2D eigenvalue weighted by Gasteiger charge is -2.19. The number of ketones is 1. The number of fused-ring (bicyclic) bond motifs is 1. The SMILES string of the molecule is CC1C[C@@H]2OC(=O)C[C@@H]2[C@H]1CCC(=O)CCc1ccccc1. The molecular formula is C19H24O3. The summed E-state index contributed by atoms with van der Waals surface area (Å²) in [4.78, 5) is 23.6. The van der Waals surface area contributed by atoms with Crippen molar-refractivity contribution in [3.8, 4) is 0 Å². The van der Waals surface area contributed by atoms with Crippen molar-refractivity contribution in [1.29, 1.82) is 0 Å². The first kappa shape index (κ1) is 15.3. The summed E-state index contributed by atoms with van der Waals surface area (Å²) in [5, 5.41) is 0. The van der Waals surface area contributed by atoms with Gasteiger partial charge in [0.25, 0.3) is 0 Å². The van der Waals surface area contributed by atoms with E-state index in [0.717, 1.165) is 19.3 Å². The molecule has 1 saturated heterocycles. The van der Waals surface area contributed by atoms with Crippen LogP contribution in [0.2, 0.25) is 0 Å². The Morgan fingerprint density at radius 2 is 2.00 bits per heavy atom. The number of esters is 1. The quantitative estimate of drug-likeness (QED) is 0.755. The van der Waals surface area contributed by atoms with Crippen LogP contribution in [0.5, 0.6) is 0 Å². The highest BCUT2D eigenvalue weighted by atomic mass is 16.6. The molecular weight excluding hydrogens is 276 g/mol. The first-order chi connectivity index (χ1) is 10.6. The Bertz CT molecular complexity index is 537. The van der Waals surface area contributed by atoms with Gasteiger partial charge in [-0.3, -0.25) is 9.59 Å². The van der Waals surface area contributed by atoms with E-state index in [4.69, 9.17) is 4.74 Å². The molecule has 0 spiro atoms. The van der Waals surface area contributed by atoms with Crippen LogP contribution in [0.1, 0.15) is 44.6 Å². The van der Waals surface area contributed by atoms with E-state index in [1.165, 1.54) is 5.56 Å². The van der Waals surface area contributed by atoms with E-state index in [0.29, 0.717) is 42.8 Å². The topological polar surface area (TPSA) is 43.4 Å². The molecule has 0 N–H and O–H groups in total. The number of hydrogen-bond acceptors (Lipinski definition) is 3. The van der Waals surface area contributed by atoms with Gasteiger partial charge in [-0.25, -0.2) is 0 Å². The van der Waals surface area contributed by atoms with E-state index in [-0.39, 0.29) is 12.1 Å². The normalized spacial score (nSPS) is 30.1. The molecule has 1 aliphatic heterocycles. The Kier molecular flexibility index (Phi) is 4.60. The van der Waals surface area contributed by atoms with Gasteiger partial charge in [0, 0.05) is 18.8 Å². The third kappa shape index (κ3) is 3.40. The summed E-state index contributed by atoms with van der Waals surface area (Å²) in [7, 11) is 0. The number of rotatable bonds is 6. The number of aryl methyl sites for hydroxylation is 1. The highest BCUT2D eigenvalue weighted by Gasteiger charge is 2.47. The molecule has 0 radical (unpaired) electrons. The van der Waals surface area contributed by atoms with E-state index < -0.39 is 0 Å². The van der Waals surface area contributed by atoms with Gasteiger partial charge in [0.1, 0.15) is 11.9 Å². The summed E-state index contributed by atoms with van der Waals surface area (Å²) in [5.41, 5.74) is 1.22. The fourth-order valence-corrected chi connectivity index (χ4v) is 4.12. The zero-order valence-corrected chi connectivity index (χ0v) is 13.2. The number of carbonyl (C=O) groups is 2. The van der Waals surface area contributed by atoms with Gasteiger partial charge < -0.3 is 4.74 Å². The lowest BCUT2D eigenvalue weighted by atomic mass is 9.84. The predicted molar refractivity (Wildman–Crippen MR) is 84.3 cm³/mol. The molecule has 0 bridgehead atoms. The second-order valence-electron chi connectivity index (χ2n) is 6.84. The van der Waals surface area contributed by atoms with Crippen molar-refractivity contribution in [2.45, 2.75) is 51.6 Å². The van der Waals surface area contributed by atoms with Crippen molar-refractivity contribution in [3.05, 3.63) is 35.9 Å². The van der Waals surface area contributed by atoms with Gasteiger partial charge in [0.2, 0.25) is 0 Å². The molecule has 2 fully saturated rings. The van der Waals surface area contributed by atoms with Crippen molar-refractivity contribution in [2.75, 3.05) is 0 Å². The second kappa shape index (κ2) is 6.64. The van der Waals surface area contributed by atoms with Gasteiger partial charge >= 0.3 is 5.97 Å². The van der Waals surface area contributed by atoms with Gasteiger partial charge in [0.05, 0.1) is 6.42 Å². The van der Waals surface area contributed by atoms with Crippen molar-refractivity contribution in [3.63, 3.8) is 0 Å². The smallest absolute Gasteiger partial charge is 0.306 e. The Hall–Kier alpha value is -1.64. The fraction of sp³-hybridized carbons (Fsp3) is 0.579. The van der Waals surface area contributed by atoms with Gasteiger partial charge in [-0.1, -0.05) is 37.3 Å². The average molecular weight is 300 g/mol. The summed E-state index contributed by atoms with van der Waals surface area (Å²) in [6, 6.07) is 10.2. The van der Waals surface area contributed by atoms with Crippen LogP contribution in [-0.2, 0) is 20.7 Å². The number of benzene rings is 1. The lowest BCUT2D eigenvalue weighted by Crippen LogP contribution is -2.17. The predicted octanol–water partition coefficient (Wildman–Crippen LogP) is 3.56. The molecule has 4 atom stereocenters. The molecule has 3 heteroatoms. The molecule has 3 nitrogen and oxygen atoms in total. The van der Waals surface area contributed by atoms with Crippen LogP contribution in [-0.4, -0.2) is 17.9 Å². The van der Waals surface area contributed by atoms with Gasteiger partial charge in [-0.05, 0) is 36.7 Å².